The first kappa shape index (κ1) is 8.51. The fourth-order valence-electron chi connectivity index (χ4n) is 1.79. The van der Waals surface area contributed by atoms with Gasteiger partial charge in [0.2, 0.25) is 0 Å². The second-order valence-corrected chi connectivity index (χ2v) is 3.64. The SMILES string of the molecule is Cc1cccnc1N1CCC(N)C1. The van der Waals surface area contributed by atoms with Gasteiger partial charge < -0.3 is 10.6 Å². The van der Waals surface area contributed by atoms with E-state index in [1.165, 1.54) is 5.56 Å². The minimum atomic E-state index is 0.321. The number of nitrogens with two attached hydrogens (primary N) is 1. The van der Waals surface area contributed by atoms with Gasteiger partial charge in [-0.1, -0.05) is 6.07 Å². The summed E-state index contributed by atoms with van der Waals surface area (Å²) in [5.41, 5.74) is 7.08. The summed E-state index contributed by atoms with van der Waals surface area (Å²) in [5, 5.41) is 0. The molecule has 3 nitrogen and oxygen atoms in total. The van der Waals surface area contributed by atoms with Crippen LogP contribution in [-0.4, -0.2) is 24.1 Å². The summed E-state index contributed by atoms with van der Waals surface area (Å²) >= 11 is 0. The molecule has 1 aromatic heterocycles. The number of anilines is 1. The van der Waals surface area contributed by atoms with E-state index in [2.05, 4.69) is 22.9 Å². The van der Waals surface area contributed by atoms with Crippen LogP contribution in [0.15, 0.2) is 18.3 Å². The lowest BCUT2D eigenvalue weighted by Gasteiger charge is -2.18. The predicted octanol–water partition coefficient (Wildman–Crippen LogP) is 0.927. The van der Waals surface area contributed by atoms with Gasteiger partial charge in [0.15, 0.2) is 0 Å². The molecular weight excluding hydrogens is 162 g/mol. The standard InChI is InChI=1S/C10H15N3/c1-8-3-2-5-12-10(8)13-6-4-9(11)7-13/h2-3,5,9H,4,6-7,11H2,1H3. The molecule has 3 heteroatoms. The number of rotatable bonds is 1. The van der Waals surface area contributed by atoms with Crippen molar-refractivity contribution in [3.8, 4) is 0 Å². The Morgan fingerprint density at radius 3 is 3.08 bits per heavy atom. The van der Waals surface area contributed by atoms with E-state index in [4.69, 9.17) is 5.73 Å². The molecule has 1 saturated heterocycles. The van der Waals surface area contributed by atoms with E-state index in [-0.39, 0.29) is 0 Å². The van der Waals surface area contributed by atoms with Crippen LogP contribution in [0.3, 0.4) is 0 Å². The van der Waals surface area contributed by atoms with Crippen molar-refractivity contribution in [2.75, 3.05) is 18.0 Å². The third-order valence-electron chi connectivity index (χ3n) is 2.51. The van der Waals surface area contributed by atoms with Crippen molar-refractivity contribution in [2.45, 2.75) is 19.4 Å². The molecule has 1 aromatic rings. The number of aromatic nitrogens is 1. The molecule has 0 amide bonds. The summed E-state index contributed by atoms with van der Waals surface area (Å²) in [4.78, 5) is 6.63. The average Bonchev–Trinajstić information content (AvgIpc) is 2.53. The molecule has 0 saturated carbocycles. The normalized spacial score (nSPS) is 22.3. The Bertz CT molecular complexity index is 298. The topological polar surface area (TPSA) is 42.2 Å². The molecule has 1 aliphatic heterocycles. The molecule has 1 aliphatic rings. The predicted molar refractivity (Wildman–Crippen MR) is 53.8 cm³/mol. The Morgan fingerprint density at radius 1 is 1.62 bits per heavy atom. The lowest BCUT2D eigenvalue weighted by atomic mass is 10.3. The van der Waals surface area contributed by atoms with Crippen LogP contribution >= 0.6 is 0 Å². The Labute approximate surface area is 78.6 Å². The summed E-state index contributed by atoms with van der Waals surface area (Å²) in [5.74, 6) is 1.09. The van der Waals surface area contributed by atoms with E-state index in [9.17, 15) is 0 Å². The van der Waals surface area contributed by atoms with Crippen LogP contribution in [0.1, 0.15) is 12.0 Å². The molecule has 70 valence electrons. The first-order valence-corrected chi connectivity index (χ1v) is 4.69. The van der Waals surface area contributed by atoms with Crippen LogP contribution in [0, 0.1) is 6.92 Å². The Hall–Kier alpha value is -1.09. The van der Waals surface area contributed by atoms with Gasteiger partial charge in [0.05, 0.1) is 0 Å². The van der Waals surface area contributed by atoms with Gasteiger partial charge in [-0.05, 0) is 25.0 Å². The molecule has 0 spiro atoms. The molecule has 2 N–H and O–H groups in total. The van der Waals surface area contributed by atoms with Gasteiger partial charge in [0, 0.05) is 25.3 Å². The summed E-state index contributed by atoms with van der Waals surface area (Å²) in [6, 6.07) is 4.38. The highest BCUT2D eigenvalue weighted by atomic mass is 15.2. The van der Waals surface area contributed by atoms with Crippen molar-refractivity contribution in [2.24, 2.45) is 5.73 Å². The molecule has 1 fully saturated rings. The highest BCUT2D eigenvalue weighted by Crippen LogP contribution is 2.20. The zero-order chi connectivity index (χ0) is 9.26. The van der Waals surface area contributed by atoms with Gasteiger partial charge in [0.25, 0.3) is 0 Å². The monoisotopic (exact) mass is 177 g/mol. The van der Waals surface area contributed by atoms with Gasteiger partial charge in [-0.3, -0.25) is 0 Å². The lowest BCUT2D eigenvalue weighted by molar-refractivity contribution is 0.751. The molecule has 0 aromatic carbocycles. The molecule has 1 unspecified atom stereocenters. The molecule has 0 radical (unpaired) electrons. The highest BCUT2D eigenvalue weighted by Gasteiger charge is 2.20. The molecule has 1 atom stereocenters. The smallest absolute Gasteiger partial charge is 0.131 e. The lowest BCUT2D eigenvalue weighted by Crippen LogP contribution is -2.27. The maximum atomic E-state index is 5.84. The maximum absolute atomic E-state index is 5.84. The third kappa shape index (κ3) is 1.65. The molecule has 2 rings (SSSR count). The first-order chi connectivity index (χ1) is 6.27. The van der Waals surface area contributed by atoms with Crippen LogP contribution in [-0.2, 0) is 0 Å². The van der Waals surface area contributed by atoms with E-state index >= 15 is 0 Å². The molecule has 0 bridgehead atoms. The molecule has 0 aliphatic carbocycles. The fourth-order valence-corrected chi connectivity index (χ4v) is 1.79. The van der Waals surface area contributed by atoms with Crippen LogP contribution in [0.4, 0.5) is 5.82 Å². The van der Waals surface area contributed by atoms with Crippen molar-refractivity contribution < 1.29 is 0 Å². The van der Waals surface area contributed by atoms with Crippen molar-refractivity contribution >= 4 is 5.82 Å². The number of hydrogen-bond donors (Lipinski definition) is 1. The van der Waals surface area contributed by atoms with Gasteiger partial charge in [-0.2, -0.15) is 0 Å². The van der Waals surface area contributed by atoms with E-state index in [0.29, 0.717) is 6.04 Å². The number of nitrogens with zero attached hydrogens (tertiary/aromatic N) is 2. The largest absolute Gasteiger partial charge is 0.355 e. The number of hydrogen-bond acceptors (Lipinski definition) is 3. The molecule has 13 heavy (non-hydrogen) atoms. The van der Waals surface area contributed by atoms with Gasteiger partial charge in [-0.15, -0.1) is 0 Å². The van der Waals surface area contributed by atoms with Gasteiger partial charge in [-0.25, -0.2) is 4.98 Å². The third-order valence-corrected chi connectivity index (χ3v) is 2.51. The fraction of sp³-hybridized carbons (Fsp3) is 0.500. The first-order valence-electron chi connectivity index (χ1n) is 4.69. The van der Waals surface area contributed by atoms with Crippen molar-refractivity contribution in [1.29, 1.82) is 0 Å². The van der Waals surface area contributed by atoms with Crippen molar-refractivity contribution in [1.82, 2.24) is 4.98 Å². The van der Waals surface area contributed by atoms with Crippen LogP contribution in [0.5, 0.6) is 0 Å². The quantitative estimate of drug-likeness (QED) is 0.693. The molecular formula is C10H15N3. The van der Waals surface area contributed by atoms with Crippen molar-refractivity contribution in [3.05, 3.63) is 23.9 Å². The van der Waals surface area contributed by atoms with Crippen LogP contribution < -0.4 is 10.6 Å². The Balaban J connectivity index is 2.21. The Morgan fingerprint density at radius 2 is 2.46 bits per heavy atom. The summed E-state index contributed by atoms with van der Waals surface area (Å²) in [6.07, 6.45) is 2.92. The summed E-state index contributed by atoms with van der Waals surface area (Å²) < 4.78 is 0. The zero-order valence-corrected chi connectivity index (χ0v) is 7.90. The summed E-state index contributed by atoms with van der Waals surface area (Å²) in [7, 11) is 0. The second kappa shape index (κ2) is 3.34. The van der Waals surface area contributed by atoms with E-state index in [1.54, 1.807) is 0 Å². The van der Waals surface area contributed by atoms with Crippen LogP contribution in [0.2, 0.25) is 0 Å². The second-order valence-electron chi connectivity index (χ2n) is 3.64. The van der Waals surface area contributed by atoms with Gasteiger partial charge >= 0.3 is 0 Å². The van der Waals surface area contributed by atoms with E-state index in [1.807, 2.05) is 12.3 Å². The van der Waals surface area contributed by atoms with Crippen LogP contribution in [0.25, 0.3) is 0 Å². The van der Waals surface area contributed by atoms with Crippen molar-refractivity contribution in [3.63, 3.8) is 0 Å². The molecule has 2 heterocycles. The number of pyridine rings is 1. The maximum Gasteiger partial charge on any atom is 0.131 e. The zero-order valence-electron chi connectivity index (χ0n) is 7.90. The highest BCUT2D eigenvalue weighted by molar-refractivity contribution is 5.46. The average molecular weight is 177 g/mol. The number of aryl methyl sites for hydroxylation is 1. The minimum Gasteiger partial charge on any atom is -0.355 e. The van der Waals surface area contributed by atoms with Gasteiger partial charge in [0.1, 0.15) is 5.82 Å². The van der Waals surface area contributed by atoms with E-state index in [0.717, 1.165) is 25.3 Å². The summed E-state index contributed by atoms with van der Waals surface area (Å²) in [6.45, 7) is 4.07. The van der Waals surface area contributed by atoms with E-state index < -0.39 is 0 Å². The minimum absolute atomic E-state index is 0.321. The Kier molecular flexibility index (Phi) is 2.19.